The third kappa shape index (κ3) is 4.78. The zero-order valence-corrected chi connectivity index (χ0v) is 19.4. The molecule has 33 heavy (non-hydrogen) atoms. The van der Waals surface area contributed by atoms with E-state index < -0.39 is 7.12 Å². The molecule has 0 saturated heterocycles. The average Bonchev–Trinajstić information content (AvgIpc) is 3.14. The number of rotatable bonds is 8. The highest BCUT2D eigenvalue weighted by molar-refractivity contribution is 6.58. The summed E-state index contributed by atoms with van der Waals surface area (Å²) >= 11 is 0. The fraction of sp³-hybridized carbons (Fsp3) is 0.348. The Morgan fingerprint density at radius 2 is 1.97 bits per heavy atom. The zero-order chi connectivity index (χ0) is 23.5. The molecule has 9 nitrogen and oxygen atoms in total. The average molecular weight is 448 g/mol. The molecule has 0 fully saturated rings. The molecule has 3 N–H and O–H groups in total. The molecule has 1 aliphatic heterocycles. The SMILES string of the molecule is COCc1cccc2c1CC(C)N2c1nnc(N(C)C)c(NCc2cccc(B(O)O)c2)n1. The van der Waals surface area contributed by atoms with Crippen LogP contribution in [0.15, 0.2) is 42.5 Å². The predicted octanol–water partition coefficient (Wildman–Crippen LogP) is 1.46. The summed E-state index contributed by atoms with van der Waals surface area (Å²) < 4.78 is 5.38. The molecule has 1 aliphatic rings. The van der Waals surface area contributed by atoms with Gasteiger partial charge in [-0.3, -0.25) is 0 Å². The maximum Gasteiger partial charge on any atom is 0.488 e. The van der Waals surface area contributed by atoms with Gasteiger partial charge in [-0.05, 0) is 41.6 Å². The Hall–Kier alpha value is -3.21. The monoisotopic (exact) mass is 448 g/mol. The molecule has 1 unspecified atom stereocenters. The molecule has 1 aromatic heterocycles. The molecule has 0 bridgehead atoms. The summed E-state index contributed by atoms with van der Waals surface area (Å²) in [5, 5.41) is 31.1. The lowest BCUT2D eigenvalue weighted by molar-refractivity contribution is 0.184. The third-order valence-corrected chi connectivity index (χ3v) is 5.75. The van der Waals surface area contributed by atoms with Crippen LogP contribution < -0.4 is 20.6 Å². The van der Waals surface area contributed by atoms with Crippen molar-refractivity contribution in [3.05, 3.63) is 59.2 Å². The summed E-state index contributed by atoms with van der Waals surface area (Å²) in [6.45, 7) is 3.17. The van der Waals surface area contributed by atoms with Crippen LogP contribution in [0, 0.1) is 0 Å². The van der Waals surface area contributed by atoms with Crippen molar-refractivity contribution < 1.29 is 14.8 Å². The first-order chi connectivity index (χ1) is 15.9. The normalized spacial score (nSPS) is 14.8. The maximum atomic E-state index is 9.45. The molecule has 0 spiro atoms. The number of ether oxygens (including phenoxy) is 1. The highest BCUT2D eigenvalue weighted by Gasteiger charge is 2.31. The quantitative estimate of drug-likeness (QED) is 0.442. The number of hydrogen-bond acceptors (Lipinski definition) is 9. The Kier molecular flexibility index (Phi) is 6.78. The number of nitrogens with zero attached hydrogens (tertiary/aromatic N) is 5. The molecule has 10 heteroatoms. The van der Waals surface area contributed by atoms with E-state index in [1.54, 1.807) is 25.3 Å². The van der Waals surface area contributed by atoms with Gasteiger partial charge >= 0.3 is 7.12 Å². The minimum absolute atomic E-state index is 0.181. The first kappa shape index (κ1) is 23.0. The topological polar surface area (TPSA) is 107 Å². The van der Waals surface area contributed by atoms with E-state index in [4.69, 9.17) is 9.72 Å². The van der Waals surface area contributed by atoms with Gasteiger partial charge in [-0.1, -0.05) is 36.4 Å². The van der Waals surface area contributed by atoms with Gasteiger partial charge < -0.3 is 29.9 Å². The van der Waals surface area contributed by atoms with Gasteiger partial charge in [0.1, 0.15) is 0 Å². The Bertz CT molecular complexity index is 1130. The standard InChI is InChI=1S/C23H29BN6O3/c1-15-11-19-17(14-33-4)8-6-10-20(19)30(15)23-26-21(22(27-28-23)29(2)3)25-13-16-7-5-9-18(12-16)24(31)32/h5-10,12,15,31-32H,11,13-14H2,1-4H3,(H,25,26,28). The van der Waals surface area contributed by atoms with Crippen LogP contribution in [0.3, 0.4) is 0 Å². The van der Waals surface area contributed by atoms with Crippen molar-refractivity contribution in [1.29, 1.82) is 0 Å². The Morgan fingerprint density at radius 3 is 2.70 bits per heavy atom. The number of methoxy groups -OCH3 is 1. The van der Waals surface area contributed by atoms with E-state index in [1.165, 1.54) is 11.1 Å². The Labute approximate surface area is 194 Å². The molecule has 172 valence electrons. The summed E-state index contributed by atoms with van der Waals surface area (Å²) in [6.07, 6.45) is 0.882. The zero-order valence-electron chi connectivity index (χ0n) is 19.4. The number of hydrogen-bond donors (Lipinski definition) is 3. The summed E-state index contributed by atoms with van der Waals surface area (Å²) in [5.41, 5.74) is 4.84. The summed E-state index contributed by atoms with van der Waals surface area (Å²) in [7, 11) is 3.99. The van der Waals surface area contributed by atoms with Gasteiger partial charge in [-0.15, -0.1) is 10.2 Å². The van der Waals surface area contributed by atoms with Crippen LogP contribution in [0.4, 0.5) is 23.3 Å². The lowest BCUT2D eigenvalue weighted by Gasteiger charge is -2.24. The predicted molar refractivity (Wildman–Crippen MR) is 130 cm³/mol. The van der Waals surface area contributed by atoms with Gasteiger partial charge in [-0.2, -0.15) is 4.98 Å². The van der Waals surface area contributed by atoms with E-state index in [2.05, 4.69) is 39.5 Å². The molecule has 0 radical (unpaired) electrons. The Balaban J connectivity index is 1.65. The number of nitrogens with one attached hydrogen (secondary N) is 1. The van der Waals surface area contributed by atoms with Crippen LogP contribution in [0.5, 0.6) is 0 Å². The van der Waals surface area contributed by atoms with E-state index in [0.29, 0.717) is 36.2 Å². The van der Waals surface area contributed by atoms with Crippen LogP contribution >= 0.6 is 0 Å². The summed E-state index contributed by atoms with van der Waals surface area (Å²) in [4.78, 5) is 8.82. The molecule has 4 rings (SSSR count). The maximum absolute atomic E-state index is 9.45. The van der Waals surface area contributed by atoms with Crippen molar-refractivity contribution in [1.82, 2.24) is 15.2 Å². The first-order valence-electron chi connectivity index (χ1n) is 10.9. The van der Waals surface area contributed by atoms with E-state index >= 15 is 0 Å². The van der Waals surface area contributed by atoms with E-state index in [1.807, 2.05) is 31.1 Å². The van der Waals surface area contributed by atoms with Gasteiger partial charge in [0.2, 0.25) is 0 Å². The van der Waals surface area contributed by atoms with Crippen LogP contribution in [-0.4, -0.2) is 59.6 Å². The molecule has 2 aromatic carbocycles. The van der Waals surface area contributed by atoms with Gasteiger partial charge in [0, 0.05) is 39.5 Å². The van der Waals surface area contributed by atoms with Crippen LogP contribution in [0.25, 0.3) is 0 Å². The second-order valence-electron chi connectivity index (χ2n) is 8.42. The second kappa shape index (κ2) is 9.74. The van der Waals surface area contributed by atoms with E-state index in [-0.39, 0.29) is 6.04 Å². The largest absolute Gasteiger partial charge is 0.488 e. The molecule has 0 amide bonds. The highest BCUT2D eigenvalue weighted by atomic mass is 16.5. The number of fused-ring (bicyclic) bond motifs is 1. The molecule has 3 aromatic rings. The van der Waals surface area contributed by atoms with Crippen molar-refractivity contribution in [2.45, 2.75) is 32.5 Å². The number of aromatic nitrogens is 3. The molecule has 2 heterocycles. The minimum atomic E-state index is -1.51. The smallest absolute Gasteiger partial charge is 0.423 e. The van der Waals surface area contributed by atoms with Gasteiger partial charge in [0.25, 0.3) is 5.95 Å². The lowest BCUT2D eigenvalue weighted by atomic mass is 9.80. The molecule has 0 saturated carbocycles. The van der Waals surface area contributed by atoms with Crippen molar-refractivity contribution in [3.63, 3.8) is 0 Å². The van der Waals surface area contributed by atoms with Crippen LogP contribution in [-0.2, 0) is 24.3 Å². The van der Waals surface area contributed by atoms with Gasteiger partial charge in [0.05, 0.1) is 6.61 Å². The van der Waals surface area contributed by atoms with E-state index in [9.17, 15) is 10.0 Å². The highest BCUT2D eigenvalue weighted by Crippen LogP contribution is 2.39. The third-order valence-electron chi connectivity index (χ3n) is 5.75. The second-order valence-corrected chi connectivity index (χ2v) is 8.42. The molecular weight excluding hydrogens is 419 g/mol. The molecule has 1 atom stereocenters. The van der Waals surface area contributed by atoms with Crippen LogP contribution in [0.2, 0.25) is 0 Å². The Morgan fingerprint density at radius 1 is 1.18 bits per heavy atom. The summed E-state index contributed by atoms with van der Waals surface area (Å²) in [5.74, 6) is 1.76. The first-order valence-corrected chi connectivity index (χ1v) is 10.9. The number of benzene rings is 2. The lowest BCUT2D eigenvalue weighted by Crippen LogP contribution is -2.30. The minimum Gasteiger partial charge on any atom is -0.423 e. The fourth-order valence-electron chi connectivity index (χ4n) is 4.19. The van der Waals surface area contributed by atoms with Gasteiger partial charge in [0.15, 0.2) is 11.6 Å². The molecule has 0 aliphatic carbocycles. The van der Waals surface area contributed by atoms with E-state index in [0.717, 1.165) is 17.7 Å². The van der Waals surface area contributed by atoms with Crippen molar-refractivity contribution in [3.8, 4) is 0 Å². The van der Waals surface area contributed by atoms with Gasteiger partial charge in [-0.25, -0.2) is 0 Å². The number of anilines is 4. The van der Waals surface area contributed by atoms with Crippen LogP contribution in [0.1, 0.15) is 23.6 Å². The van der Waals surface area contributed by atoms with Crippen molar-refractivity contribution >= 4 is 35.9 Å². The van der Waals surface area contributed by atoms with Crippen molar-refractivity contribution in [2.75, 3.05) is 36.3 Å². The summed E-state index contributed by atoms with van der Waals surface area (Å²) in [6, 6.07) is 13.5. The molecular formula is C23H29BN6O3. The fourth-order valence-corrected chi connectivity index (χ4v) is 4.19. The van der Waals surface area contributed by atoms with Crippen molar-refractivity contribution in [2.24, 2.45) is 0 Å².